The van der Waals surface area contributed by atoms with E-state index in [0.717, 1.165) is 18.1 Å². The molecule has 0 fully saturated rings. The average molecular weight is 399 g/mol. The third kappa shape index (κ3) is 4.34. The molecule has 0 aliphatic carbocycles. The van der Waals surface area contributed by atoms with Crippen LogP contribution in [0.5, 0.6) is 5.75 Å². The summed E-state index contributed by atoms with van der Waals surface area (Å²) in [5.74, 6) is -1.83. The molecule has 28 heavy (non-hydrogen) atoms. The Morgan fingerprint density at radius 2 is 1.82 bits per heavy atom. The van der Waals surface area contributed by atoms with Gasteiger partial charge in [-0.1, -0.05) is 31.2 Å². The highest BCUT2D eigenvalue weighted by molar-refractivity contribution is 7.13. The largest absolute Gasteiger partial charge is 0.497 e. The Bertz CT molecular complexity index is 1000. The van der Waals surface area contributed by atoms with Gasteiger partial charge in [-0.2, -0.15) is 0 Å². The van der Waals surface area contributed by atoms with Crippen LogP contribution >= 0.6 is 11.3 Å². The highest BCUT2D eigenvalue weighted by Gasteiger charge is 2.16. The number of hydrogen-bond acceptors (Lipinski definition) is 5. The van der Waals surface area contributed by atoms with Crippen LogP contribution in [0.25, 0.3) is 10.6 Å². The van der Waals surface area contributed by atoms with E-state index in [9.17, 15) is 14.0 Å². The zero-order valence-corrected chi connectivity index (χ0v) is 16.1. The van der Waals surface area contributed by atoms with Crippen LogP contribution in [-0.4, -0.2) is 23.9 Å². The SMILES string of the molecule is CCc1ccc(-c2nc(C(=O)NNC(=O)c3ccc(OC)cc3F)cs2)cc1. The first kappa shape index (κ1) is 19.5. The maximum Gasteiger partial charge on any atom is 0.289 e. The molecule has 0 spiro atoms. The van der Waals surface area contributed by atoms with E-state index in [4.69, 9.17) is 4.74 Å². The molecule has 2 aromatic carbocycles. The Morgan fingerprint density at radius 1 is 1.11 bits per heavy atom. The van der Waals surface area contributed by atoms with Crippen molar-refractivity contribution in [1.29, 1.82) is 0 Å². The summed E-state index contributed by atoms with van der Waals surface area (Å²) in [6.07, 6.45) is 0.945. The number of halogens is 1. The van der Waals surface area contributed by atoms with E-state index in [1.807, 2.05) is 24.3 Å². The van der Waals surface area contributed by atoms with Crippen LogP contribution in [0.2, 0.25) is 0 Å². The van der Waals surface area contributed by atoms with Gasteiger partial charge in [0.2, 0.25) is 0 Å². The maximum absolute atomic E-state index is 13.9. The maximum atomic E-state index is 13.9. The van der Waals surface area contributed by atoms with Crippen molar-refractivity contribution in [2.75, 3.05) is 7.11 Å². The van der Waals surface area contributed by atoms with Crippen molar-refractivity contribution in [3.63, 3.8) is 0 Å². The topological polar surface area (TPSA) is 80.3 Å². The summed E-state index contributed by atoms with van der Waals surface area (Å²) in [4.78, 5) is 28.6. The summed E-state index contributed by atoms with van der Waals surface area (Å²) in [6.45, 7) is 2.08. The van der Waals surface area contributed by atoms with Crippen LogP contribution in [0.3, 0.4) is 0 Å². The molecule has 0 aliphatic heterocycles. The number of aromatic nitrogens is 1. The predicted molar refractivity (Wildman–Crippen MR) is 105 cm³/mol. The van der Waals surface area contributed by atoms with E-state index >= 15 is 0 Å². The molecule has 2 N–H and O–H groups in total. The van der Waals surface area contributed by atoms with Crippen LogP contribution < -0.4 is 15.6 Å². The van der Waals surface area contributed by atoms with Crippen LogP contribution in [0.1, 0.15) is 33.3 Å². The van der Waals surface area contributed by atoms with Gasteiger partial charge in [0.15, 0.2) is 0 Å². The van der Waals surface area contributed by atoms with Gasteiger partial charge in [0, 0.05) is 17.0 Å². The normalized spacial score (nSPS) is 10.4. The molecule has 0 unspecified atom stereocenters. The lowest BCUT2D eigenvalue weighted by molar-refractivity contribution is 0.0842. The van der Waals surface area contributed by atoms with Gasteiger partial charge in [-0.05, 0) is 24.1 Å². The first-order valence-electron chi connectivity index (χ1n) is 8.51. The van der Waals surface area contributed by atoms with E-state index in [-0.39, 0.29) is 11.3 Å². The number of carbonyl (C=O) groups excluding carboxylic acids is 2. The minimum Gasteiger partial charge on any atom is -0.497 e. The number of hydrogen-bond donors (Lipinski definition) is 2. The van der Waals surface area contributed by atoms with Gasteiger partial charge in [0.1, 0.15) is 22.3 Å². The molecule has 1 heterocycles. The molecule has 0 atom stereocenters. The molecule has 0 radical (unpaired) electrons. The number of hydrazine groups is 1. The Hall–Kier alpha value is -3.26. The van der Waals surface area contributed by atoms with E-state index in [1.54, 1.807) is 5.38 Å². The van der Waals surface area contributed by atoms with Gasteiger partial charge in [-0.3, -0.25) is 20.4 Å². The van der Waals surface area contributed by atoms with Crippen molar-refractivity contribution in [1.82, 2.24) is 15.8 Å². The first-order chi connectivity index (χ1) is 13.5. The van der Waals surface area contributed by atoms with Gasteiger partial charge in [0.05, 0.1) is 12.7 Å². The van der Waals surface area contributed by atoms with Gasteiger partial charge in [-0.15, -0.1) is 11.3 Å². The second-order valence-electron chi connectivity index (χ2n) is 5.84. The summed E-state index contributed by atoms with van der Waals surface area (Å²) in [7, 11) is 1.40. The van der Waals surface area contributed by atoms with Crippen LogP contribution in [0, 0.1) is 5.82 Å². The molecule has 2 amide bonds. The van der Waals surface area contributed by atoms with Crippen LogP contribution in [0.15, 0.2) is 47.8 Å². The summed E-state index contributed by atoms with van der Waals surface area (Å²) >= 11 is 1.32. The molecular formula is C20H18FN3O3S. The lowest BCUT2D eigenvalue weighted by Crippen LogP contribution is -2.42. The van der Waals surface area contributed by atoms with Gasteiger partial charge in [0.25, 0.3) is 11.8 Å². The molecule has 144 valence electrons. The fraction of sp³-hybridized carbons (Fsp3) is 0.150. The number of rotatable bonds is 5. The quantitative estimate of drug-likeness (QED) is 0.643. The summed E-state index contributed by atoms with van der Waals surface area (Å²) in [5, 5.41) is 2.29. The first-order valence-corrected chi connectivity index (χ1v) is 9.39. The molecule has 1 aromatic heterocycles. The minimum atomic E-state index is -0.779. The van der Waals surface area contributed by atoms with Crippen molar-refractivity contribution in [2.45, 2.75) is 13.3 Å². The number of aryl methyl sites for hydroxylation is 1. The number of amides is 2. The Kier molecular flexibility index (Phi) is 6.00. The average Bonchev–Trinajstić information content (AvgIpc) is 3.22. The second-order valence-corrected chi connectivity index (χ2v) is 6.70. The minimum absolute atomic E-state index is 0.162. The Balaban J connectivity index is 1.63. The zero-order chi connectivity index (χ0) is 20.1. The van der Waals surface area contributed by atoms with Crippen molar-refractivity contribution in [3.05, 3.63) is 70.5 Å². The molecule has 3 rings (SSSR count). The third-order valence-electron chi connectivity index (χ3n) is 4.06. The smallest absolute Gasteiger partial charge is 0.289 e. The molecular weight excluding hydrogens is 381 g/mol. The number of methoxy groups -OCH3 is 1. The predicted octanol–water partition coefficient (Wildman–Crippen LogP) is 3.60. The number of carbonyl (C=O) groups is 2. The highest BCUT2D eigenvalue weighted by Crippen LogP contribution is 2.24. The highest BCUT2D eigenvalue weighted by atomic mass is 32.1. The summed E-state index contributed by atoms with van der Waals surface area (Å²) in [5.41, 5.74) is 6.50. The van der Waals surface area contributed by atoms with Crippen molar-refractivity contribution in [2.24, 2.45) is 0 Å². The number of nitrogens with one attached hydrogen (secondary N) is 2. The van der Waals surface area contributed by atoms with Crippen molar-refractivity contribution < 1.29 is 18.7 Å². The lowest BCUT2D eigenvalue weighted by atomic mass is 10.1. The van der Waals surface area contributed by atoms with E-state index < -0.39 is 17.6 Å². The van der Waals surface area contributed by atoms with Gasteiger partial charge >= 0.3 is 0 Å². The monoisotopic (exact) mass is 399 g/mol. The number of benzene rings is 2. The molecule has 0 aliphatic rings. The van der Waals surface area contributed by atoms with Gasteiger partial charge in [-0.25, -0.2) is 9.37 Å². The Morgan fingerprint density at radius 3 is 2.46 bits per heavy atom. The third-order valence-corrected chi connectivity index (χ3v) is 4.95. The number of thiazole rings is 1. The Labute approximate surface area is 165 Å². The van der Waals surface area contributed by atoms with E-state index in [0.29, 0.717) is 10.8 Å². The number of nitrogens with zero attached hydrogens (tertiary/aromatic N) is 1. The van der Waals surface area contributed by atoms with Crippen LogP contribution in [0.4, 0.5) is 4.39 Å². The van der Waals surface area contributed by atoms with E-state index in [1.165, 1.54) is 36.1 Å². The summed E-state index contributed by atoms with van der Waals surface area (Å²) in [6, 6.07) is 11.8. The number of ether oxygens (including phenoxy) is 1. The van der Waals surface area contributed by atoms with E-state index in [2.05, 4.69) is 22.8 Å². The zero-order valence-electron chi connectivity index (χ0n) is 15.3. The van der Waals surface area contributed by atoms with Crippen molar-refractivity contribution in [3.8, 4) is 16.3 Å². The lowest BCUT2D eigenvalue weighted by Gasteiger charge is -2.08. The summed E-state index contributed by atoms with van der Waals surface area (Å²) < 4.78 is 18.8. The van der Waals surface area contributed by atoms with Crippen LogP contribution in [-0.2, 0) is 6.42 Å². The second kappa shape index (κ2) is 8.62. The molecule has 6 nitrogen and oxygen atoms in total. The fourth-order valence-corrected chi connectivity index (χ4v) is 3.25. The molecule has 3 aromatic rings. The van der Waals surface area contributed by atoms with Gasteiger partial charge < -0.3 is 4.74 Å². The standard InChI is InChI=1S/C20H18FN3O3S/c1-3-12-4-6-13(7-5-12)20-22-17(11-28-20)19(26)24-23-18(25)15-9-8-14(27-2)10-16(15)21/h4-11H,3H2,1-2H3,(H,23,25)(H,24,26). The molecule has 0 saturated carbocycles. The van der Waals surface area contributed by atoms with Crippen molar-refractivity contribution >= 4 is 23.2 Å². The molecule has 0 saturated heterocycles. The molecule has 0 bridgehead atoms. The molecule has 8 heteroatoms. The fourth-order valence-electron chi connectivity index (χ4n) is 2.45.